The Morgan fingerprint density at radius 2 is 1.92 bits per heavy atom. The fourth-order valence-corrected chi connectivity index (χ4v) is 4.07. The Balaban J connectivity index is 1.23. The molecule has 0 saturated heterocycles. The molecule has 3 aliphatic rings. The van der Waals surface area contributed by atoms with Crippen molar-refractivity contribution in [2.24, 2.45) is 0 Å². The van der Waals surface area contributed by atoms with E-state index in [2.05, 4.69) is 29.2 Å². The first kappa shape index (κ1) is 15.1. The number of benzene rings is 1. The molecule has 1 aromatic heterocycles. The topological polar surface area (TPSA) is 49.6 Å². The van der Waals surface area contributed by atoms with E-state index in [1.165, 1.54) is 30.4 Å². The number of oxazole rings is 1. The number of carbonyl (C=O) groups excluding carboxylic acids is 1. The van der Waals surface area contributed by atoms with Gasteiger partial charge in [0.1, 0.15) is 11.5 Å². The highest BCUT2D eigenvalue weighted by molar-refractivity contribution is 5.78. The predicted octanol–water partition coefficient (Wildman–Crippen LogP) is 2.84. The van der Waals surface area contributed by atoms with Crippen LogP contribution in [0.2, 0.25) is 0 Å². The minimum atomic E-state index is 0.201. The highest BCUT2D eigenvalue weighted by Gasteiger charge is 2.31. The van der Waals surface area contributed by atoms with E-state index in [9.17, 15) is 4.79 Å². The van der Waals surface area contributed by atoms with Crippen molar-refractivity contribution in [1.82, 2.24) is 14.8 Å². The summed E-state index contributed by atoms with van der Waals surface area (Å²) >= 11 is 0. The molecule has 0 unspecified atom stereocenters. The highest BCUT2D eigenvalue weighted by atomic mass is 16.4. The van der Waals surface area contributed by atoms with Crippen LogP contribution in [0.3, 0.4) is 0 Å². The van der Waals surface area contributed by atoms with E-state index in [0.717, 1.165) is 43.4 Å². The summed E-state index contributed by atoms with van der Waals surface area (Å²) in [5.41, 5.74) is 3.67. The fraction of sp³-hybridized carbons (Fsp3) is 0.500. The van der Waals surface area contributed by atoms with Gasteiger partial charge in [0.05, 0.1) is 13.1 Å². The quantitative estimate of drug-likeness (QED) is 0.864. The molecule has 2 aromatic rings. The first-order chi connectivity index (χ1) is 12.3. The van der Waals surface area contributed by atoms with Crippen LogP contribution in [0.1, 0.15) is 53.7 Å². The van der Waals surface area contributed by atoms with Crippen LogP contribution in [-0.4, -0.2) is 33.8 Å². The number of aromatic nitrogens is 1. The molecule has 0 spiro atoms. The minimum absolute atomic E-state index is 0.201. The molecule has 25 heavy (non-hydrogen) atoms. The van der Waals surface area contributed by atoms with Crippen LogP contribution in [0.5, 0.6) is 0 Å². The van der Waals surface area contributed by atoms with E-state index in [1.54, 1.807) is 0 Å². The lowest BCUT2D eigenvalue weighted by molar-refractivity contribution is -0.133. The Hall–Kier alpha value is -2.14. The molecule has 0 atom stereocenters. The van der Waals surface area contributed by atoms with E-state index >= 15 is 0 Å². The zero-order chi connectivity index (χ0) is 16.8. The van der Waals surface area contributed by atoms with Crippen LogP contribution >= 0.6 is 0 Å². The number of carbonyl (C=O) groups is 1. The largest absolute Gasteiger partial charge is 0.445 e. The zero-order valence-corrected chi connectivity index (χ0v) is 14.4. The van der Waals surface area contributed by atoms with Gasteiger partial charge in [-0.25, -0.2) is 4.98 Å². The standard InChI is InChI=1S/C20H23N3O2/c24-19(13-22-10-15-4-1-2-5-16(15)11-22)23-9-8-18-17(12-23)21-20(25-18)14-6-3-7-14/h1-2,4-5,14H,3,6-13H2. The summed E-state index contributed by atoms with van der Waals surface area (Å²) in [5.74, 6) is 2.62. The molecule has 1 aromatic carbocycles. The second-order valence-corrected chi connectivity index (χ2v) is 7.53. The van der Waals surface area contributed by atoms with Crippen molar-refractivity contribution < 1.29 is 9.21 Å². The molecular formula is C20H23N3O2. The normalized spacial score (nSPS) is 20.2. The average Bonchev–Trinajstić information content (AvgIpc) is 3.14. The van der Waals surface area contributed by atoms with Gasteiger partial charge < -0.3 is 9.32 Å². The molecule has 1 amide bonds. The van der Waals surface area contributed by atoms with Crippen LogP contribution in [0.15, 0.2) is 28.7 Å². The molecule has 3 heterocycles. The Labute approximate surface area is 147 Å². The van der Waals surface area contributed by atoms with Gasteiger partial charge in [0, 0.05) is 32.0 Å². The highest BCUT2D eigenvalue weighted by Crippen LogP contribution is 2.37. The lowest BCUT2D eigenvalue weighted by Crippen LogP contribution is -2.41. The third-order valence-electron chi connectivity index (χ3n) is 5.82. The average molecular weight is 337 g/mol. The van der Waals surface area contributed by atoms with Gasteiger partial charge in [-0.2, -0.15) is 0 Å². The van der Waals surface area contributed by atoms with Crippen molar-refractivity contribution in [3.8, 4) is 0 Å². The summed E-state index contributed by atoms with van der Waals surface area (Å²) in [6.45, 7) is 3.57. The molecule has 1 aliphatic carbocycles. The molecule has 0 radical (unpaired) electrons. The zero-order valence-electron chi connectivity index (χ0n) is 14.4. The molecule has 5 heteroatoms. The van der Waals surface area contributed by atoms with Crippen LogP contribution in [0.25, 0.3) is 0 Å². The van der Waals surface area contributed by atoms with Crippen molar-refractivity contribution in [1.29, 1.82) is 0 Å². The molecule has 0 bridgehead atoms. The van der Waals surface area contributed by atoms with Crippen LogP contribution in [0, 0.1) is 0 Å². The van der Waals surface area contributed by atoms with E-state index in [1.807, 2.05) is 4.90 Å². The monoisotopic (exact) mass is 337 g/mol. The van der Waals surface area contributed by atoms with Gasteiger partial charge in [0.2, 0.25) is 5.91 Å². The van der Waals surface area contributed by atoms with Gasteiger partial charge in [0.25, 0.3) is 0 Å². The van der Waals surface area contributed by atoms with Gasteiger partial charge >= 0.3 is 0 Å². The third-order valence-corrected chi connectivity index (χ3v) is 5.82. The lowest BCUT2D eigenvalue weighted by Gasteiger charge is -2.27. The molecule has 5 nitrogen and oxygen atoms in total. The van der Waals surface area contributed by atoms with Crippen molar-refractivity contribution in [2.45, 2.75) is 51.2 Å². The number of hydrogen-bond donors (Lipinski definition) is 0. The first-order valence-corrected chi connectivity index (χ1v) is 9.31. The van der Waals surface area contributed by atoms with E-state index < -0.39 is 0 Å². The summed E-state index contributed by atoms with van der Waals surface area (Å²) in [7, 11) is 0. The number of rotatable bonds is 3. The number of amides is 1. The summed E-state index contributed by atoms with van der Waals surface area (Å²) in [6.07, 6.45) is 4.46. The third kappa shape index (κ3) is 2.76. The van der Waals surface area contributed by atoms with E-state index in [4.69, 9.17) is 9.40 Å². The van der Waals surface area contributed by atoms with Gasteiger partial charge in [0.15, 0.2) is 5.89 Å². The summed E-state index contributed by atoms with van der Waals surface area (Å²) in [6, 6.07) is 8.45. The van der Waals surface area contributed by atoms with Crippen molar-refractivity contribution >= 4 is 5.91 Å². The number of fused-ring (bicyclic) bond motifs is 2. The van der Waals surface area contributed by atoms with Gasteiger partial charge in [-0.05, 0) is 24.0 Å². The second kappa shape index (κ2) is 5.99. The molecular weight excluding hydrogens is 314 g/mol. The number of nitrogens with zero attached hydrogens (tertiary/aromatic N) is 3. The molecule has 5 rings (SSSR count). The van der Waals surface area contributed by atoms with Gasteiger partial charge in [-0.3, -0.25) is 9.69 Å². The van der Waals surface area contributed by atoms with Gasteiger partial charge in [-0.15, -0.1) is 0 Å². The first-order valence-electron chi connectivity index (χ1n) is 9.31. The van der Waals surface area contributed by atoms with Crippen LogP contribution in [-0.2, 0) is 30.8 Å². The maximum absolute atomic E-state index is 12.7. The van der Waals surface area contributed by atoms with Crippen molar-refractivity contribution in [3.63, 3.8) is 0 Å². The Morgan fingerprint density at radius 3 is 2.60 bits per heavy atom. The molecule has 1 fully saturated rings. The predicted molar refractivity (Wildman–Crippen MR) is 92.8 cm³/mol. The smallest absolute Gasteiger partial charge is 0.237 e. The maximum Gasteiger partial charge on any atom is 0.237 e. The van der Waals surface area contributed by atoms with Crippen molar-refractivity contribution in [3.05, 3.63) is 52.7 Å². The second-order valence-electron chi connectivity index (χ2n) is 7.53. The molecule has 130 valence electrons. The Bertz CT molecular complexity index is 784. The van der Waals surface area contributed by atoms with Gasteiger partial charge in [-0.1, -0.05) is 30.7 Å². The molecule has 1 saturated carbocycles. The molecule has 0 N–H and O–H groups in total. The van der Waals surface area contributed by atoms with Crippen molar-refractivity contribution in [2.75, 3.05) is 13.1 Å². The minimum Gasteiger partial charge on any atom is -0.445 e. The SMILES string of the molecule is O=C(CN1Cc2ccccc2C1)N1CCc2oc(C3CCC3)nc2C1. The lowest BCUT2D eigenvalue weighted by atomic mass is 9.85. The van der Waals surface area contributed by atoms with Crippen LogP contribution < -0.4 is 0 Å². The Morgan fingerprint density at radius 1 is 1.16 bits per heavy atom. The van der Waals surface area contributed by atoms with Crippen LogP contribution in [0.4, 0.5) is 0 Å². The summed E-state index contributed by atoms with van der Waals surface area (Å²) < 4.78 is 5.95. The summed E-state index contributed by atoms with van der Waals surface area (Å²) in [5, 5.41) is 0. The molecule has 2 aliphatic heterocycles. The van der Waals surface area contributed by atoms with E-state index in [-0.39, 0.29) is 5.91 Å². The Kier molecular flexibility index (Phi) is 3.63. The maximum atomic E-state index is 12.7. The summed E-state index contributed by atoms with van der Waals surface area (Å²) in [4.78, 5) is 21.6. The number of hydrogen-bond acceptors (Lipinski definition) is 4. The fourth-order valence-electron chi connectivity index (χ4n) is 4.07. The van der Waals surface area contributed by atoms with E-state index in [0.29, 0.717) is 19.0 Å².